The lowest BCUT2D eigenvalue weighted by Gasteiger charge is -2.51. The minimum absolute atomic E-state index is 0.315. The fourth-order valence-corrected chi connectivity index (χ4v) is 9.40. The molecular formula is C29H39N2O5P. The van der Waals surface area contributed by atoms with Crippen LogP contribution in [0, 0.1) is 11.8 Å². The zero-order valence-electron chi connectivity index (χ0n) is 23.3. The van der Waals surface area contributed by atoms with Crippen molar-refractivity contribution in [2.24, 2.45) is 11.8 Å². The molecule has 2 aromatic rings. The summed E-state index contributed by atoms with van der Waals surface area (Å²) in [5.74, 6) is -3.86. The molecule has 0 bridgehead atoms. The zero-order chi connectivity index (χ0) is 27.7. The van der Waals surface area contributed by atoms with Gasteiger partial charge in [-0.25, -0.2) is 0 Å². The van der Waals surface area contributed by atoms with Crippen LogP contribution in [0.15, 0.2) is 48.5 Å². The number of nitrogens with zero attached hydrogens (tertiary/aromatic N) is 2. The molecule has 1 aliphatic rings. The Hall–Kier alpha value is -2.92. The Morgan fingerprint density at radius 3 is 1.27 bits per heavy atom. The van der Waals surface area contributed by atoms with Crippen LogP contribution < -0.4 is 9.80 Å². The number of carbonyl (C=O) groups is 3. The van der Waals surface area contributed by atoms with Gasteiger partial charge in [-0.05, 0) is 40.5 Å². The highest BCUT2D eigenvalue weighted by molar-refractivity contribution is 7.60. The molecule has 0 spiro atoms. The molecule has 1 unspecified atom stereocenters. The first-order valence-electron chi connectivity index (χ1n) is 12.4. The Bertz CT molecular complexity index is 1040. The van der Waals surface area contributed by atoms with E-state index in [0.29, 0.717) is 0 Å². The van der Waals surface area contributed by atoms with Crippen molar-refractivity contribution in [1.29, 1.82) is 0 Å². The molecule has 0 N–H and O–H groups in total. The van der Waals surface area contributed by atoms with Gasteiger partial charge in [0.15, 0.2) is 5.78 Å². The van der Waals surface area contributed by atoms with Gasteiger partial charge in [0.25, 0.3) is 0 Å². The highest BCUT2D eigenvalue weighted by atomic mass is 31.1. The fraction of sp³-hybridized carbons (Fsp3) is 0.483. The lowest BCUT2D eigenvalue weighted by Crippen LogP contribution is -2.47. The van der Waals surface area contributed by atoms with E-state index < -0.39 is 48.8 Å². The van der Waals surface area contributed by atoms with Gasteiger partial charge < -0.3 is 19.3 Å². The smallest absolute Gasteiger partial charge is 0.317 e. The van der Waals surface area contributed by atoms with Crippen molar-refractivity contribution in [1.82, 2.24) is 0 Å². The van der Waals surface area contributed by atoms with Gasteiger partial charge in [-0.1, -0.05) is 53.0 Å². The predicted molar refractivity (Wildman–Crippen MR) is 150 cm³/mol. The van der Waals surface area contributed by atoms with Crippen LogP contribution >= 0.6 is 7.92 Å². The van der Waals surface area contributed by atoms with Crippen molar-refractivity contribution in [2.75, 3.05) is 52.2 Å². The van der Waals surface area contributed by atoms with E-state index >= 15 is 0 Å². The number of anilines is 2. The number of benzene rings is 2. The molecule has 8 heteroatoms. The van der Waals surface area contributed by atoms with Crippen LogP contribution in [0.5, 0.6) is 0 Å². The number of carbonyl (C=O) groups excluding carboxylic acids is 3. The quantitative estimate of drug-likeness (QED) is 0.296. The Balaban J connectivity index is 2.31. The third kappa shape index (κ3) is 5.67. The lowest BCUT2D eigenvalue weighted by atomic mass is 9.82. The monoisotopic (exact) mass is 526 g/mol. The molecule has 0 amide bonds. The maximum absolute atomic E-state index is 14.1. The number of esters is 2. The first kappa shape index (κ1) is 28.6. The highest BCUT2D eigenvalue weighted by Gasteiger charge is 2.59. The van der Waals surface area contributed by atoms with E-state index in [4.69, 9.17) is 9.47 Å². The van der Waals surface area contributed by atoms with E-state index in [0.717, 1.165) is 22.5 Å². The molecular weight excluding hydrogens is 487 g/mol. The Kier molecular flexibility index (Phi) is 8.69. The minimum atomic E-state index is -1.17. The number of hydrogen-bond donors (Lipinski definition) is 0. The van der Waals surface area contributed by atoms with E-state index in [1.54, 1.807) is 0 Å². The summed E-state index contributed by atoms with van der Waals surface area (Å²) in [5.41, 5.74) is 2.98. The van der Waals surface area contributed by atoms with Crippen molar-refractivity contribution in [2.45, 2.75) is 37.2 Å². The van der Waals surface area contributed by atoms with Crippen molar-refractivity contribution in [3.8, 4) is 0 Å². The Morgan fingerprint density at radius 2 is 1.03 bits per heavy atom. The molecule has 2 aromatic carbocycles. The summed E-state index contributed by atoms with van der Waals surface area (Å²) >= 11 is 0. The highest BCUT2D eigenvalue weighted by Crippen LogP contribution is 2.75. The summed E-state index contributed by atoms with van der Waals surface area (Å²) in [7, 11) is 9.27. The average Bonchev–Trinajstić information content (AvgIpc) is 2.86. The SMILES string of the molecule is COC(=O)[C@H]1C(=O)[C@@H](C(=O)OC)[C@H](c2ccc(N(C)C)cc2)P(C(C)(C)C)[C@@H]1c1ccc(N(C)C)cc1. The summed E-state index contributed by atoms with van der Waals surface area (Å²) in [5, 5.41) is -0.315. The summed E-state index contributed by atoms with van der Waals surface area (Å²) in [6.45, 7) is 6.37. The molecule has 3 rings (SSSR count). The van der Waals surface area contributed by atoms with Crippen LogP contribution in [0.2, 0.25) is 0 Å². The van der Waals surface area contributed by atoms with Crippen molar-refractivity contribution >= 4 is 37.0 Å². The molecule has 0 aromatic heterocycles. The zero-order valence-corrected chi connectivity index (χ0v) is 24.2. The van der Waals surface area contributed by atoms with Gasteiger partial charge in [0.05, 0.1) is 14.2 Å². The minimum Gasteiger partial charge on any atom is -0.468 e. The molecule has 0 saturated carbocycles. The van der Waals surface area contributed by atoms with E-state index in [-0.39, 0.29) is 5.16 Å². The van der Waals surface area contributed by atoms with Crippen LogP contribution in [-0.4, -0.2) is 65.3 Å². The van der Waals surface area contributed by atoms with Gasteiger partial charge >= 0.3 is 11.9 Å². The van der Waals surface area contributed by atoms with Gasteiger partial charge in [0.1, 0.15) is 11.8 Å². The van der Waals surface area contributed by atoms with Crippen LogP contribution in [0.1, 0.15) is 43.2 Å². The van der Waals surface area contributed by atoms with E-state index in [9.17, 15) is 14.4 Å². The molecule has 200 valence electrons. The molecule has 1 saturated heterocycles. The van der Waals surface area contributed by atoms with Crippen molar-refractivity contribution in [3.63, 3.8) is 0 Å². The third-order valence-electron chi connectivity index (χ3n) is 7.03. The maximum atomic E-state index is 14.1. The number of methoxy groups -OCH3 is 2. The maximum Gasteiger partial charge on any atom is 0.317 e. The molecule has 1 fully saturated rings. The normalized spacial score (nSPS) is 23.8. The fourth-order valence-electron chi connectivity index (χ4n) is 5.22. The molecule has 1 heterocycles. The lowest BCUT2D eigenvalue weighted by molar-refractivity contribution is -0.156. The standard InChI is InChI=1S/C29H39N2O5P/c1-29(2,3)37-25(18-10-14-20(15-11-18)30(4)5)22(27(33)35-8)24(32)23(28(34)36-9)26(37)19-12-16-21(17-13-19)31(6)7/h10-17,22-23,25-26H,1-9H3/t22-,23+,25+,26-,37?. The summed E-state index contributed by atoms with van der Waals surface area (Å²) < 4.78 is 10.3. The number of ketones is 1. The molecule has 0 aliphatic carbocycles. The van der Waals surface area contributed by atoms with Gasteiger partial charge in [-0.2, -0.15) is 0 Å². The molecule has 37 heavy (non-hydrogen) atoms. The molecule has 5 atom stereocenters. The summed E-state index contributed by atoms with van der Waals surface area (Å²) in [6, 6.07) is 16.0. The molecule has 0 radical (unpaired) electrons. The summed E-state index contributed by atoms with van der Waals surface area (Å²) in [4.78, 5) is 44.6. The number of ether oxygens (including phenoxy) is 2. The first-order chi connectivity index (χ1) is 17.3. The van der Waals surface area contributed by atoms with Crippen LogP contribution in [0.4, 0.5) is 11.4 Å². The van der Waals surface area contributed by atoms with Gasteiger partial charge in [-0.3, -0.25) is 14.4 Å². The number of Topliss-reactive ketones (excluding diaryl/α,β-unsaturated/α-hetero) is 1. The Labute approximate surface area is 221 Å². The second-order valence-electron chi connectivity index (χ2n) is 10.8. The largest absolute Gasteiger partial charge is 0.468 e. The third-order valence-corrected chi connectivity index (χ3v) is 11.0. The second kappa shape index (κ2) is 11.2. The molecule has 1 aliphatic heterocycles. The Morgan fingerprint density at radius 1 is 0.703 bits per heavy atom. The van der Waals surface area contributed by atoms with Crippen LogP contribution in [0.25, 0.3) is 0 Å². The van der Waals surface area contributed by atoms with Crippen LogP contribution in [0.3, 0.4) is 0 Å². The van der Waals surface area contributed by atoms with Gasteiger partial charge in [0, 0.05) is 50.9 Å². The van der Waals surface area contributed by atoms with E-state index in [2.05, 4.69) is 20.8 Å². The van der Waals surface area contributed by atoms with Gasteiger partial charge in [0.2, 0.25) is 0 Å². The van der Waals surface area contributed by atoms with Crippen LogP contribution in [-0.2, 0) is 23.9 Å². The number of rotatable bonds is 6. The average molecular weight is 527 g/mol. The first-order valence-corrected chi connectivity index (χ1v) is 13.8. The van der Waals surface area contributed by atoms with E-state index in [1.165, 1.54) is 14.2 Å². The molecule has 7 nitrogen and oxygen atoms in total. The van der Waals surface area contributed by atoms with E-state index in [1.807, 2.05) is 86.5 Å². The van der Waals surface area contributed by atoms with Gasteiger partial charge in [-0.15, -0.1) is 0 Å². The predicted octanol–water partition coefficient (Wildman–Crippen LogP) is 5.04. The topological polar surface area (TPSA) is 76.1 Å². The van der Waals surface area contributed by atoms with Crippen molar-refractivity contribution in [3.05, 3.63) is 59.7 Å². The van der Waals surface area contributed by atoms with Crippen molar-refractivity contribution < 1.29 is 23.9 Å². The second-order valence-corrected chi connectivity index (χ2v) is 14.1. The number of hydrogen-bond acceptors (Lipinski definition) is 7. The summed E-state index contributed by atoms with van der Waals surface area (Å²) in [6.07, 6.45) is 0.